The molecule has 4 nitrogen and oxygen atoms in total. The molecule has 2 amide bonds. The Kier molecular flexibility index (Phi) is 4.10. The van der Waals surface area contributed by atoms with Gasteiger partial charge in [0.25, 0.3) is 11.8 Å². The summed E-state index contributed by atoms with van der Waals surface area (Å²) in [6.07, 6.45) is 5.46. The number of nitrogens with zero attached hydrogens (tertiary/aromatic N) is 2. The molecule has 2 aromatic carbocycles. The van der Waals surface area contributed by atoms with Crippen molar-refractivity contribution >= 4 is 23.1 Å². The van der Waals surface area contributed by atoms with Crippen LogP contribution >= 0.6 is 0 Å². The van der Waals surface area contributed by atoms with Crippen molar-refractivity contribution in [3.63, 3.8) is 0 Å². The summed E-state index contributed by atoms with van der Waals surface area (Å²) in [5.74, 6) is -0.511. The van der Waals surface area contributed by atoms with E-state index in [0.717, 1.165) is 31.5 Å². The lowest BCUT2D eigenvalue weighted by Gasteiger charge is -2.31. The minimum Gasteiger partial charge on any atom is -0.377 e. The van der Waals surface area contributed by atoms with Crippen LogP contribution in [-0.2, 0) is 4.79 Å². The zero-order valence-corrected chi connectivity index (χ0v) is 14.0. The first-order valence-corrected chi connectivity index (χ1v) is 8.75. The molecule has 4 heteroatoms. The Morgan fingerprint density at radius 3 is 2.08 bits per heavy atom. The molecule has 0 N–H and O–H groups in total. The van der Waals surface area contributed by atoms with Gasteiger partial charge in [0.1, 0.15) is 0 Å². The van der Waals surface area contributed by atoms with E-state index in [-0.39, 0.29) is 11.8 Å². The lowest BCUT2D eigenvalue weighted by Crippen LogP contribution is -2.42. The number of hydrogen-bond acceptors (Lipinski definition) is 3. The van der Waals surface area contributed by atoms with Gasteiger partial charge in [-0.2, -0.15) is 0 Å². The molecular formula is C21H20N2O2. The average Bonchev–Trinajstić information content (AvgIpc) is 2.67. The second kappa shape index (κ2) is 6.55. The van der Waals surface area contributed by atoms with Gasteiger partial charge in [-0.1, -0.05) is 36.4 Å². The molecule has 0 aliphatic carbocycles. The highest BCUT2D eigenvalue weighted by molar-refractivity contribution is 6.40. The van der Waals surface area contributed by atoms with Crippen molar-refractivity contribution in [2.75, 3.05) is 18.0 Å². The molecule has 0 radical (unpaired) electrons. The van der Waals surface area contributed by atoms with Gasteiger partial charge in [0, 0.05) is 30.4 Å². The Balaban J connectivity index is 1.82. The molecule has 126 valence electrons. The number of fused-ring (bicyclic) bond motifs is 1. The van der Waals surface area contributed by atoms with E-state index in [0.29, 0.717) is 16.8 Å². The molecule has 0 unspecified atom stereocenters. The van der Waals surface area contributed by atoms with Crippen molar-refractivity contribution in [3.8, 4) is 0 Å². The first-order valence-electron chi connectivity index (χ1n) is 8.75. The average molecular weight is 332 g/mol. The summed E-state index contributed by atoms with van der Waals surface area (Å²) in [4.78, 5) is 29.6. The summed E-state index contributed by atoms with van der Waals surface area (Å²) in [7, 11) is 0. The van der Waals surface area contributed by atoms with Gasteiger partial charge in [0.15, 0.2) is 0 Å². The fourth-order valence-corrected chi connectivity index (χ4v) is 3.52. The molecule has 2 aromatic rings. The maximum Gasteiger partial charge on any atom is 0.267 e. The van der Waals surface area contributed by atoms with E-state index in [1.54, 1.807) is 18.2 Å². The summed E-state index contributed by atoms with van der Waals surface area (Å²) in [6.45, 7) is 1.91. The van der Waals surface area contributed by atoms with Crippen LogP contribution in [0.1, 0.15) is 35.2 Å². The van der Waals surface area contributed by atoms with Crippen LogP contribution < -0.4 is 4.90 Å². The number of benzene rings is 2. The summed E-state index contributed by atoms with van der Waals surface area (Å²) in [6, 6.07) is 16.5. The van der Waals surface area contributed by atoms with Crippen molar-refractivity contribution in [3.05, 3.63) is 71.9 Å². The van der Waals surface area contributed by atoms with Gasteiger partial charge in [0.05, 0.1) is 11.3 Å². The van der Waals surface area contributed by atoms with Crippen LogP contribution in [0.5, 0.6) is 0 Å². The second-order valence-electron chi connectivity index (χ2n) is 6.47. The van der Waals surface area contributed by atoms with E-state index in [9.17, 15) is 9.59 Å². The molecular weight excluding hydrogens is 312 g/mol. The minimum absolute atomic E-state index is 0.250. The number of carbonyl (C=O) groups is 2. The highest BCUT2D eigenvalue weighted by atomic mass is 16.2. The van der Waals surface area contributed by atoms with Gasteiger partial charge in [-0.15, -0.1) is 0 Å². The zero-order valence-electron chi connectivity index (χ0n) is 14.0. The summed E-state index contributed by atoms with van der Waals surface area (Å²) < 4.78 is 0. The molecule has 2 heterocycles. The SMILES string of the molecule is O=C1C(=CN2CCCCC2)c2ccccc2C(=O)N1c1ccccc1. The van der Waals surface area contributed by atoms with E-state index in [1.165, 1.54) is 11.3 Å². The van der Waals surface area contributed by atoms with Crippen LogP contribution in [0.25, 0.3) is 5.57 Å². The smallest absolute Gasteiger partial charge is 0.267 e. The highest BCUT2D eigenvalue weighted by Crippen LogP contribution is 2.32. The van der Waals surface area contributed by atoms with Crippen molar-refractivity contribution in [2.45, 2.75) is 19.3 Å². The molecule has 0 aromatic heterocycles. The van der Waals surface area contributed by atoms with E-state index in [2.05, 4.69) is 4.90 Å². The fraction of sp³-hybridized carbons (Fsp3) is 0.238. The first kappa shape index (κ1) is 15.6. The van der Waals surface area contributed by atoms with Gasteiger partial charge in [0.2, 0.25) is 0 Å². The van der Waals surface area contributed by atoms with Gasteiger partial charge in [-0.3, -0.25) is 9.59 Å². The predicted octanol–water partition coefficient (Wildman–Crippen LogP) is 3.70. The maximum absolute atomic E-state index is 13.2. The standard InChI is InChI=1S/C21H20N2O2/c24-20-18-12-6-5-11-17(18)19(15-22-13-7-2-8-14-22)21(25)23(20)16-9-3-1-4-10-16/h1,3-6,9-12,15H,2,7-8,13-14H2. The summed E-state index contributed by atoms with van der Waals surface area (Å²) in [5.41, 5.74) is 2.52. The normalized spacial score (nSPS) is 19.3. The number of carbonyl (C=O) groups excluding carboxylic acids is 2. The van der Waals surface area contributed by atoms with Crippen LogP contribution in [0.15, 0.2) is 60.8 Å². The number of likely N-dealkylation sites (tertiary alicyclic amines) is 1. The van der Waals surface area contributed by atoms with Crippen LogP contribution in [0, 0.1) is 0 Å². The molecule has 0 saturated carbocycles. The Morgan fingerprint density at radius 1 is 0.720 bits per heavy atom. The molecule has 0 bridgehead atoms. The first-order chi connectivity index (χ1) is 12.3. The van der Waals surface area contributed by atoms with Gasteiger partial charge in [-0.05, 0) is 37.5 Å². The number of imide groups is 1. The van der Waals surface area contributed by atoms with E-state index < -0.39 is 0 Å². The number of hydrogen-bond donors (Lipinski definition) is 0. The van der Waals surface area contributed by atoms with Gasteiger partial charge in [-0.25, -0.2) is 4.90 Å². The number of para-hydroxylation sites is 1. The van der Waals surface area contributed by atoms with E-state index >= 15 is 0 Å². The van der Waals surface area contributed by atoms with Gasteiger partial charge < -0.3 is 4.90 Å². The molecule has 0 spiro atoms. The fourth-order valence-electron chi connectivity index (χ4n) is 3.52. The Labute approximate surface area is 147 Å². The van der Waals surface area contributed by atoms with Crippen molar-refractivity contribution < 1.29 is 9.59 Å². The maximum atomic E-state index is 13.2. The molecule has 1 fully saturated rings. The minimum atomic E-state index is -0.261. The molecule has 1 saturated heterocycles. The molecule has 25 heavy (non-hydrogen) atoms. The lowest BCUT2D eigenvalue weighted by atomic mass is 9.93. The highest BCUT2D eigenvalue weighted by Gasteiger charge is 2.36. The molecule has 2 aliphatic heterocycles. The third-order valence-electron chi connectivity index (χ3n) is 4.80. The van der Waals surface area contributed by atoms with Crippen LogP contribution in [-0.4, -0.2) is 29.8 Å². The van der Waals surface area contributed by atoms with Crippen molar-refractivity contribution in [1.29, 1.82) is 0 Å². The van der Waals surface area contributed by atoms with Crippen molar-refractivity contribution in [2.24, 2.45) is 0 Å². The third-order valence-corrected chi connectivity index (χ3v) is 4.80. The Morgan fingerprint density at radius 2 is 1.36 bits per heavy atom. The summed E-state index contributed by atoms with van der Waals surface area (Å²) in [5, 5.41) is 0. The summed E-state index contributed by atoms with van der Waals surface area (Å²) >= 11 is 0. The number of rotatable bonds is 2. The predicted molar refractivity (Wildman–Crippen MR) is 98.1 cm³/mol. The van der Waals surface area contributed by atoms with Gasteiger partial charge >= 0.3 is 0 Å². The van der Waals surface area contributed by atoms with Crippen LogP contribution in [0.2, 0.25) is 0 Å². The molecule has 2 aliphatic rings. The topological polar surface area (TPSA) is 40.6 Å². The van der Waals surface area contributed by atoms with E-state index in [4.69, 9.17) is 0 Å². The van der Waals surface area contributed by atoms with Crippen LogP contribution in [0.4, 0.5) is 5.69 Å². The lowest BCUT2D eigenvalue weighted by molar-refractivity contribution is -0.112. The third kappa shape index (κ3) is 2.84. The van der Waals surface area contributed by atoms with Crippen LogP contribution in [0.3, 0.4) is 0 Å². The van der Waals surface area contributed by atoms with Crippen molar-refractivity contribution in [1.82, 2.24) is 4.90 Å². The monoisotopic (exact) mass is 332 g/mol. The number of amides is 2. The van der Waals surface area contributed by atoms with E-state index in [1.807, 2.05) is 42.6 Å². The second-order valence-corrected chi connectivity index (χ2v) is 6.47. The number of piperidine rings is 1. The molecule has 0 atom stereocenters. The quantitative estimate of drug-likeness (QED) is 0.622. The number of anilines is 1. The Bertz CT molecular complexity index is 836. The Hall–Kier alpha value is -2.88. The largest absolute Gasteiger partial charge is 0.377 e. The molecule has 4 rings (SSSR count). The zero-order chi connectivity index (χ0) is 17.2.